The number of nitrogens with one attached hydrogen (secondary N) is 2. The Balaban J connectivity index is 1.73. The second-order valence-electron chi connectivity index (χ2n) is 5.09. The van der Waals surface area contributed by atoms with Gasteiger partial charge in [0.25, 0.3) is 5.91 Å². The highest BCUT2D eigenvalue weighted by atomic mass is 35.5. The number of benzene rings is 1. The molecule has 132 valence electrons. The zero-order valence-corrected chi connectivity index (χ0v) is 15.5. The predicted molar refractivity (Wildman–Crippen MR) is 105 cm³/mol. The zero-order chi connectivity index (χ0) is 18.5. The van der Waals surface area contributed by atoms with Crippen molar-refractivity contribution in [1.29, 1.82) is 0 Å². The first-order valence-corrected chi connectivity index (χ1v) is 8.97. The summed E-state index contributed by atoms with van der Waals surface area (Å²) in [7, 11) is 0. The van der Waals surface area contributed by atoms with Crippen LogP contribution in [0, 0.1) is 0 Å². The molecule has 0 bridgehead atoms. The Morgan fingerprint density at radius 3 is 2.58 bits per heavy atom. The lowest BCUT2D eigenvalue weighted by molar-refractivity contribution is -0.111. The van der Waals surface area contributed by atoms with Crippen LogP contribution in [-0.2, 0) is 4.79 Å². The second kappa shape index (κ2) is 8.23. The number of hydrogen-bond donors (Lipinski definition) is 2. The van der Waals surface area contributed by atoms with Crippen molar-refractivity contribution in [1.82, 2.24) is 0 Å². The minimum absolute atomic E-state index is 0.150. The quantitative estimate of drug-likeness (QED) is 0.545. The van der Waals surface area contributed by atoms with Crippen LogP contribution in [0.25, 0.3) is 6.08 Å². The maximum Gasteiger partial charge on any atom is 0.291 e. The first-order valence-electron chi connectivity index (χ1n) is 7.40. The van der Waals surface area contributed by atoms with Crippen LogP contribution in [0.4, 0.5) is 11.4 Å². The number of halogens is 2. The van der Waals surface area contributed by atoms with Gasteiger partial charge in [-0.2, -0.15) is 0 Å². The number of carbonyl (C=O) groups excluding carboxylic acids is 2. The molecule has 2 heterocycles. The first-order chi connectivity index (χ1) is 12.5. The largest absolute Gasteiger partial charge is 0.459 e. The van der Waals surface area contributed by atoms with E-state index in [4.69, 9.17) is 27.6 Å². The summed E-state index contributed by atoms with van der Waals surface area (Å²) in [4.78, 5) is 25.2. The van der Waals surface area contributed by atoms with Gasteiger partial charge < -0.3 is 15.1 Å². The summed E-state index contributed by atoms with van der Waals surface area (Å²) in [6.07, 6.45) is 4.44. The van der Waals surface area contributed by atoms with Crippen LogP contribution in [0.15, 0.2) is 59.2 Å². The third-order valence-electron chi connectivity index (χ3n) is 3.23. The highest BCUT2D eigenvalue weighted by Gasteiger charge is 2.13. The van der Waals surface area contributed by atoms with Gasteiger partial charge in [-0.05, 0) is 48.5 Å². The predicted octanol–water partition coefficient (Wildman–Crippen LogP) is 5.55. The molecule has 26 heavy (non-hydrogen) atoms. The fourth-order valence-corrected chi connectivity index (χ4v) is 3.21. The van der Waals surface area contributed by atoms with Gasteiger partial charge in [-0.25, -0.2) is 0 Å². The van der Waals surface area contributed by atoms with Crippen molar-refractivity contribution in [3.05, 3.63) is 74.8 Å². The summed E-state index contributed by atoms with van der Waals surface area (Å²) >= 11 is 13.2. The van der Waals surface area contributed by atoms with Crippen LogP contribution in [0.3, 0.4) is 0 Å². The van der Waals surface area contributed by atoms with Gasteiger partial charge in [-0.15, -0.1) is 11.3 Å². The monoisotopic (exact) mass is 406 g/mol. The summed E-state index contributed by atoms with van der Waals surface area (Å²) in [5.41, 5.74) is 0.771. The molecule has 2 aromatic heterocycles. The number of carbonyl (C=O) groups is 2. The summed E-state index contributed by atoms with van der Waals surface area (Å²) in [5, 5.41) is 5.79. The third kappa shape index (κ3) is 4.76. The van der Waals surface area contributed by atoms with Crippen LogP contribution < -0.4 is 10.6 Å². The molecule has 0 saturated carbocycles. The lowest BCUT2D eigenvalue weighted by Crippen LogP contribution is -2.15. The van der Waals surface area contributed by atoms with E-state index in [0.717, 1.165) is 4.88 Å². The third-order valence-corrected chi connectivity index (χ3v) is 4.66. The van der Waals surface area contributed by atoms with E-state index in [1.807, 2.05) is 6.07 Å². The molecule has 0 aliphatic heterocycles. The molecule has 1 aromatic carbocycles. The van der Waals surface area contributed by atoms with Gasteiger partial charge >= 0.3 is 0 Å². The number of hydrogen-bond acceptors (Lipinski definition) is 4. The molecule has 0 atom stereocenters. The van der Waals surface area contributed by atoms with Gasteiger partial charge in [-0.3, -0.25) is 9.59 Å². The number of anilines is 2. The van der Waals surface area contributed by atoms with Crippen molar-refractivity contribution in [2.24, 2.45) is 0 Å². The van der Waals surface area contributed by atoms with Crippen LogP contribution in [0.1, 0.15) is 15.4 Å². The fourth-order valence-electron chi connectivity index (χ4n) is 2.07. The molecule has 0 aliphatic carbocycles. The Morgan fingerprint density at radius 1 is 1.04 bits per heavy atom. The molecule has 0 unspecified atom stereocenters. The van der Waals surface area contributed by atoms with Crippen molar-refractivity contribution in [2.75, 3.05) is 10.6 Å². The Bertz CT molecular complexity index is 965. The highest BCUT2D eigenvalue weighted by Crippen LogP contribution is 2.27. The van der Waals surface area contributed by atoms with Gasteiger partial charge in [0.15, 0.2) is 5.76 Å². The van der Waals surface area contributed by atoms with E-state index < -0.39 is 5.91 Å². The van der Waals surface area contributed by atoms with Gasteiger partial charge in [0, 0.05) is 16.0 Å². The number of furan rings is 1. The molecule has 2 amide bonds. The van der Waals surface area contributed by atoms with E-state index in [2.05, 4.69) is 10.6 Å². The van der Waals surface area contributed by atoms with E-state index in [0.29, 0.717) is 20.7 Å². The molecular weight excluding hydrogens is 395 g/mol. The summed E-state index contributed by atoms with van der Waals surface area (Å²) in [6, 6.07) is 11.5. The molecule has 0 radical (unpaired) electrons. The summed E-state index contributed by atoms with van der Waals surface area (Å²) in [5.74, 6) is -0.654. The molecule has 3 rings (SSSR count). The number of rotatable bonds is 5. The molecule has 3 aromatic rings. The lowest BCUT2D eigenvalue weighted by Gasteiger charge is -2.11. The molecule has 8 heteroatoms. The Hall–Kier alpha value is -2.54. The summed E-state index contributed by atoms with van der Waals surface area (Å²) in [6.45, 7) is 0. The average Bonchev–Trinajstić information content (AvgIpc) is 3.27. The van der Waals surface area contributed by atoms with Crippen LogP contribution in [0.5, 0.6) is 0 Å². The van der Waals surface area contributed by atoms with E-state index in [-0.39, 0.29) is 11.7 Å². The van der Waals surface area contributed by atoms with Crippen LogP contribution in [-0.4, -0.2) is 11.8 Å². The van der Waals surface area contributed by atoms with E-state index in [1.54, 1.807) is 36.4 Å². The van der Waals surface area contributed by atoms with Crippen molar-refractivity contribution in [3.8, 4) is 0 Å². The van der Waals surface area contributed by atoms with Gasteiger partial charge in [0.1, 0.15) is 0 Å². The smallest absolute Gasteiger partial charge is 0.291 e. The summed E-state index contributed by atoms with van der Waals surface area (Å²) < 4.78 is 5.70. The standard InChI is InChI=1S/C18H12Cl2N2O3S/c19-11-3-6-13(14(10-11)22-18(24)15-2-1-9-25-15)21-17(23)8-5-12-4-7-16(20)26-12/h1-10H,(H,21,23)(H,22,24)/b8-5+. The zero-order valence-electron chi connectivity index (χ0n) is 13.2. The molecule has 0 aliphatic rings. The fraction of sp³-hybridized carbons (Fsp3) is 0. The molecule has 2 N–H and O–H groups in total. The maximum absolute atomic E-state index is 12.2. The molecule has 0 fully saturated rings. The van der Waals surface area contributed by atoms with Gasteiger partial charge in [-0.1, -0.05) is 23.2 Å². The molecule has 5 nitrogen and oxygen atoms in total. The van der Waals surface area contributed by atoms with Gasteiger partial charge in [0.2, 0.25) is 5.91 Å². The van der Waals surface area contributed by atoms with E-state index in [9.17, 15) is 9.59 Å². The SMILES string of the molecule is O=C(/C=C/c1ccc(Cl)s1)Nc1ccc(Cl)cc1NC(=O)c1ccco1. The minimum atomic E-state index is -0.448. The molecule has 0 spiro atoms. The Morgan fingerprint density at radius 2 is 1.88 bits per heavy atom. The van der Waals surface area contributed by atoms with Crippen molar-refractivity contribution in [2.45, 2.75) is 0 Å². The van der Waals surface area contributed by atoms with Crippen LogP contribution >= 0.6 is 34.5 Å². The van der Waals surface area contributed by atoms with E-state index >= 15 is 0 Å². The average molecular weight is 407 g/mol. The van der Waals surface area contributed by atoms with Crippen molar-refractivity contribution in [3.63, 3.8) is 0 Å². The lowest BCUT2D eigenvalue weighted by atomic mass is 10.2. The van der Waals surface area contributed by atoms with Crippen molar-refractivity contribution < 1.29 is 14.0 Å². The number of amides is 2. The first kappa shape index (κ1) is 18.3. The Kier molecular flexibility index (Phi) is 5.78. The molecule has 0 saturated heterocycles. The normalized spacial score (nSPS) is 10.8. The minimum Gasteiger partial charge on any atom is -0.459 e. The number of thiophene rings is 1. The second-order valence-corrected chi connectivity index (χ2v) is 7.27. The Labute approximate surface area is 163 Å². The highest BCUT2D eigenvalue weighted by molar-refractivity contribution is 7.17. The van der Waals surface area contributed by atoms with E-state index in [1.165, 1.54) is 29.7 Å². The van der Waals surface area contributed by atoms with Gasteiger partial charge in [0.05, 0.1) is 22.0 Å². The van der Waals surface area contributed by atoms with Crippen molar-refractivity contribution >= 4 is 63.8 Å². The van der Waals surface area contributed by atoms with Crippen LogP contribution in [0.2, 0.25) is 9.36 Å². The topological polar surface area (TPSA) is 71.3 Å². The molecular formula is C18H12Cl2N2O3S. The maximum atomic E-state index is 12.2.